The number of rotatable bonds is 8. The smallest absolute Gasteiger partial charge is 0.253 e. The Morgan fingerprint density at radius 3 is 2.68 bits per heavy atom. The van der Waals surface area contributed by atoms with Crippen LogP contribution in [0.25, 0.3) is 0 Å². The van der Waals surface area contributed by atoms with E-state index in [1.54, 1.807) is 26.5 Å². The molecule has 6 nitrogen and oxygen atoms in total. The molecule has 0 aliphatic heterocycles. The number of pyridine rings is 1. The lowest BCUT2D eigenvalue weighted by Crippen LogP contribution is -2.26. The highest BCUT2D eigenvalue weighted by molar-refractivity contribution is 9.10. The maximum Gasteiger partial charge on any atom is 0.253 e. The van der Waals surface area contributed by atoms with E-state index in [2.05, 4.69) is 26.2 Å². The van der Waals surface area contributed by atoms with Gasteiger partial charge >= 0.3 is 0 Å². The molecule has 2 rings (SSSR count). The van der Waals surface area contributed by atoms with Gasteiger partial charge in [0.15, 0.2) is 11.5 Å². The van der Waals surface area contributed by atoms with Gasteiger partial charge in [0.05, 0.1) is 25.3 Å². The molecular weight excluding hydrogens is 388 g/mol. The van der Waals surface area contributed by atoms with E-state index in [4.69, 9.17) is 14.2 Å². The van der Waals surface area contributed by atoms with E-state index in [-0.39, 0.29) is 11.9 Å². The normalized spacial score (nSPS) is 11.7. The SMILES string of the molecule is COCCOc1ccc(C(C)NC(=O)c2cncc(Br)c2)cc1OC. The number of hydrogen-bond donors (Lipinski definition) is 1. The molecule has 0 radical (unpaired) electrons. The third kappa shape index (κ3) is 5.44. The zero-order valence-corrected chi connectivity index (χ0v) is 16.0. The van der Waals surface area contributed by atoms with Crippen LogP contribution in [0, 0.1) is 0 Å². The molecule has 0 bridgehead atoms. The van der Waals surface area contributed by atoms with Crippen LogP contribution in [0.4, 0.5) is 0 Å². The van der Waals surface area contributed by atoms with Crippen molar-refractivity contribution in [3.63, 3.8) is 0 Å². The van der Waals surface area contributed by atoms with Gasteiger partial charge in [-0.1, -0.05) is 6.07 Å². The summed E-state index contributed by atoms with van der Waals surface area (Å²) in [5.41, 5.74) is 1.40. The van der Waals surface area contributed by atoms with Crippen LogP contribution in [0.1, 0.15) is 28.9 Å². The molecule has 1 atom stereocenters. The number of carbonyl (C=O) groups excluding carboxylic acids is 1. The highest BCUT2D eigenvalue weighted by atomic mass is 79.9. The maximum absolute atomic E-state index is 12.3. The Labute approximate surface area is 155 Å². The summed E-state index contributed by atoms with van der Waals surface area (Å²) < 4.78 is 16.7. The Kier molecular flexibility index (Phi) is 7.21. The summed E-state index contributed by atoms with van der Waals surface area (Å²) in [6.45, 7) is 2.84. The van der Waals surface area contributed by atoms with Crippen LogP contribution in [0.15, 0.2) is 41.1 Å². The van der Waals surface area contributed by atoms with Gasteiger partial charge < -0.3 is 19.5 Å². The summed E-state index contributed by atoms with van der Waals surface area (Å²) in [7, 11) is 3.20. The first-order valence-electron chi connectivity index (χ1n) is 7.76. The average Bonchev–Trinajstić information content (AvgIpc) is 2.62. The van der Waals surface area contributed by atoms with Crippen molar-refractivity contribution in [3.8, 4) is 11.5 Å². The quantitative estimate of drug-likeness (QED) is 0.678. The largest absolute Gasteiger partial charge is 0.493 e. The minimum atomic E-state index is -0.201. The van der Waals surface area contributed by atoms with Gasteiger partial charge in [0.25, 0.3) is 5.91 Å². The maximum atomic E-state index is 12.3. The Balaban J connectivity index is 2.08. The van der Waals surface area contributed by atoms with Crippen LogP contribution in [0.3, 0.4) is 0 Å². The van der Waals surface area contributed by atoms with Crippen LogP contribution in [0.5, 0.6) is 11.5 Å². The average molecular weight is 409 g/mol. The Morgan fingerprint density at radius 2 is 2.00 bits per heavy atom. The molecule has 1 N–H and O–H groups in total. The number of benzene rings is 1. The third-order valence-corrected chi connectivity index (χ3v) is 3.98. The molecule has 1 heterocycles. The second-order valence-corrected chi connectivity index (χ2v) is 6.25. The number of amides is 1. The van der Waals surface area contributed by atoms with Crippen LogP contribution in [-0.4, -0.2) is 38.3 Å². The monoisotopic (exact) mass is 408 g/mol. The predicted molar refractivity (Wildman–Crippen MR) is 98.2 cm³/mol. The van der Waals surface area contributed by atoms with E-state index in [9.17, 15) is 4.79 Å². The number of aromatic nitrogens is 1. The molecule has 0 fully saturated rings. The van der Waals surface area contributed by atoms with Crippen molar-refractivity contribution in [2.45, 2.75) is 13.0 Å². The molecule has 1 aromatic carbocycles. The summed E-state index contributed by atoms with van der Waals surface area (Å²) in [4.78, 5) is 16.3. The van der Waals surface area contributed by atoms with Gasteiger partial charge in [0, 0.05) is 24.0 Å². The summed E-state index contributed by atoms with van der Waals surface area (Å²) in [6, 6.07) is 7.10. The van der Waals surface area contributed by atoms with Crippen molar-refractivity contribution >= 4 is 21.8 Å². The van der Waals surface area contributed by atoms with Crippen molar-refractivity contribution in [1.82, 2.24) is 10.3 Å². The highest BCUT2D eigenvalue weighted by Crippen LogP contribution is 2.30. The van der Waals surface area contributed by atoms with Crippen molar-refractivity contribution in [3.05, 3.63) is 52.3 Å². The van der Waals surface area contributed by atoms with Gasteiger partial charge in [-0.3, -0.25) is 9.78 Å². The molecule has 0 aliphatic carbocycles. The van der Waals surface area contributed by atoms with E-state index in [1.165, 1.54) is 6.20 Å². The summed E-state index contributed by atoms with van der Waals surface area (Å²) >= 11 is 3.31. The number of nitrogens with zero attached hydrogens (tertiary/aromatic N) is 1. The molecular formula is C18H21BrN2O4. The molecule has 25 heavy (non-hydrogen) atoms. The molecule has 1 aromatic heterocycles. The second kappa shape index (κ2) is 9.39. The highest BCUT2D eigenvalue weighted by Gasteiger charge is 2.14. The molecule has 7 heteroatoms. The van der Waals surface area contributed by atoms with Crippen LogP contribution < -0.4 is 14.8 Å². The second-order valence-electron chi connectivity index (χ2n) is 5.34. The molecule has 0 saturated heterocycles. The zero-order chi connectivity index (χ0) is 18.2. The van der Waals surface area contributed by atoms with Gasteiger partial charge in [-0.05, 0) is 46.6 Å². The Morgan fingerprint density at radius 1 is 1.20 bits per heavy atom. The lowest BCUT2D eigenvalue weighted by molar-refractivity contribution is 0.0939. The number of methoxy groups -OCH3 is 2. The summed E-state index contributed by atoms with van der Waals surface area (Å²) in [6.07, 6.45) is 3.16. The Bertz CT molecular complexity index is 724. The molecule has 1 unspecified atom stereocenters. The fraction of sp³-hybridized carbons (Fsp3) is 0.333. The van der Waals surface area contributed by atoms with E-state index in [1.807, 2.05) is 25.1 Å². The van der Waals surface area contributed by atoms with Crippen LogP contribution in [0.2, 0.25) is 0 Å². The topological polar surface area (TPSA) is 69.7 Å². The number of carbonyl (C=O) groups is 1. The molecule has 2 aromatic rings. The number of hydrogen-bond acceptors (Lipinski definition) is 5. The van der Waals surface area contributed by atoms with Crippen molar-refractivity contribution in [1.29, 1.82) is 0 Å². The minimum Gasteiger partial charge on any atom is -0.493 e. The Hall–Kier alpha value is -2.12. The number of ether oxygens (including phenoxy) is 3. The van der Waals surface area contributed by atoms with Crippen LogP contribution >= 0.6 is 15.9 Å². The predicted octanol–water partition coefficient (Wildman–Crippen LogP) is 3.37. The first-order chi connectivity index (χ1) is 12.0. The fourth-order valence-corrected chi connectivity index (χ4v) is 2.57. The van der Waals surface area contributed by atoms with Gasteiger partial charge in [0.2, 0.25) is 0 Å². The first-order valence-corrected chi connectivity index (χ1v) is 8.55. The first kappa shape index (κ1) is 19.2. The fourth-order valence-electron chi connectivity index (χ4n) is 2.21. The van der Waals surface area contributed by atoms with E-state index in [0.29, 0.717) is 30.3 Å². The van der Waals surface area contributed by atoms with Crippen LogP contribution in [-0.2, 0) is 4.74 Å². The van der Waals surface area contributed by atoms with E-state index < -0.39 is 0 Å². The minimum absolute atomic E-state index is 0.194. The zero-order valence-electron chi connectivity index (χ0n) is 14.4. The summed E-state index contributed by atoms with van der Waals surface area (Å²) in [5, 5.41) is 2.95. The van der Waals surface area contributed by atoms with Gasteiger partial charge in [0.1, 0.15) is 6.61 Å². The van der Waals surface area contributed by atoms with E-state index in [0.717, 1.165) is 10.0 Å². The van der Waals surface area contributed by atoms with E-state index >= 15 is 0 Å². The van der Waals surface area contributed by atoms with Gasteiger partial charge in [-0.2, -0.15) is 0 Å². The van der Waals surface area contributed by atoms with Crippen molar-refractivity contribution < 1.29 is 19.0 Å². The molecule has 1 amide bonds. The number of halogens is 1. The molecule has 0 saturated carbocycles. The lowest BCUT2D eigenvalue weighted by Gasteiger charge is -2.17. The number of nitrogens with one attached hydrogen (secondary N) is 1. The van der Waals surface area contributed by atoms with Crippen molar-refractivity contribution in [2.24, 2.45) is 0 Å². The van der Waals surface area contributed by atoms with Crippen molar-refractivity contribution in [2.75, 3.05) is 27.4 Å². The van der Waals surface area contributed by atoms with Gasteiger partial charge in [-0.25, -0.2) is 0 Å². The standard InChI is InChI=1S/C18H21BrN2O4/c1-12(21-18(22)14-8-15(19)11-20-10-14)13-4-5-16(17(9-13)24-3)25-7-6-23-2/h4-5,8-12H,6-7H2,1-3H3,(H,21,22). The third-order valence-electron chi connectivity index (χ3n) is 3.55. The molecule has 0 spiro atoms. The summed E-state index contributed by atoms with van der Waals surface area (Å²) in [5.74, 6) is 1.05. The molecule has 0 aliphatic rings. The lowest BCUT2D eigenvalue weighted by atomic mass is 10.1. The molecule has 134 valence electrons. The van der Waals surface area contributed by atoms with Gasteiger partial charge in [-0.15, -0.1) is 0 Å².